The number of nitrogens with one attached hydrogen (secondary N) is 1. The lowest BCUT2D eigenvalue weighted by molar-refractivity contribution is 0.0979. The van der Waals surface area contributed by atoms with Crippen molar-refractivity contribution in [1.29, 1.82) is 0 Å². The minimum Gasteiger partial charge on any atom is -0.380 e. The van der Waals surface area contributed by atoms with Crippen molar-refractivity contribution in [2.24, 2.45) is 0 Å². The van der Waals surface area contributed by atoms with Gasteiger partial charge in [-0.15, -0.1) is 0 Å². The van der Waals surface area contributed by atoms with E-state index >= 15 is 0 Å². The molecular formula is C17H26N2O. The summed E-state index contributed by atoms with van der Waals surface area (Å²) in [4.78, 5) is 2.67. The molecule has 0 aromatic heterocycles. The van der Waals surface area contributed by atoms with Crippen molar-refractivity contribution < 1.29 is 4.74 Å². The lowest BCUT2D eigenvalue weighted by atomic mass is 9.91. The van der Waals surface area contributed by atoms with E-state index in [1.54, 1.807) is 0 Å². The minimum absolute atomic E-state index is 0.0363. The zero-order chi connectivity index (χ0) is 14.0. The lowest BCUT2D eigenvalue weighted by Gasteiger charge is -2.38. The van der Waals surface area contributed by atoms with Gasteiger partial charge in [0.15, 0.2) is 0 Å². The fourth-order valence-corrected chi connectivity index (χ4v) is 3.57. The molecule has 1 N–H and O–H groups in total. The van der Waals surface area contributed by atoms with E-state index in [9.17, 15) is 0 Å². The van der Waals surface area contributed by atoms with E-state index in [2.05, 4.69) is 54.4 Å². The second-order valence-corrected chi connectivity index (χ2v) is 6.45. The van der Waals surface area contributed by atoms with E-state index in [4.69, 9.17) is 4.74 Å². The van der Waals surface area contributed by atoms with Crippen LogP contribution in [0.5, 0.6) is 0 Å². The average Bonchev–Trinajstić information content (AvgIpc) is 2.94. The molecule has 0 bridgehead atoms. The molecule has 1 aromatic rings. The van der Waals surface area contributed by atoms with Crippen LogP contribution < -0.4 is 5.32 Å². The van der Waals surface area contributed by atoms with Crippen LogP contribution in [0.15, 0.2) is 30.3 Å². The third kappa shape index (κ3) is 2.76. The largest absolute Gasteiger partial charge is 0.380 e. The summed E-state index contributed by atoms with van der Waals surface area (Å²) in [6.45, 7) is 8.65. The number of hydrogen-bond donors (Lipinski definition) is 1. The van der Waals surface area contributed by atoms with Gasteiger partial charge in [0.2, 0.25) is 0 Å². The first-order chi connectivity index (χ1) is 9.69. The van der Waals surface area contributed by atoms with Gasteiger partial charge in [-0.2, -0.15) is 0 Å². The van der Waals surface area contributed by atoms with Gasteiger partial charge in [0.05, 0.1) is 12.1 Å². The van der Waals surface area contributed by atoms with E-state index in [0.29, 0.717) is 12.1 Å². The van der Waals surface area contributed by atoms with Gasteiger partial charge in [-0.1, -0.05) is 30.3 Å². The molecule has 0 saturated carbocycles. The van der Waals surface area contributed by atoms with Crippen molar-refractivity contribution in [1.82, 2.24) is 10.2 Å². The highest BCUT2D eigenvalue weighted by Gasteiger charge is 2.37. The Labute approximate surface area is 122 Å². The van der Waals surface area contributed by atoms with Crippen molar-refractivity contribution in [3.8, 4) is 0 Å². The van der Waals surface area contributed by atoms with Crippen molar-refractivity contribution in [3.63, 3.8) is 0 Å². The molecule has 3 atom stereocenters. The molecule has 0 spiro atoms. The summed E-state index contributed by atoms with van der Waals surface area (Å²) in [6.07, 6.45) is 2.38. The van der Waals surface area contributed by atoms with Gasteiger partial charge in [-0.25, -0.2) is 0 Å². The highest BCUT2D eigenvalue weighted by molar-refractivity contribution is 5.24. The maximum Gasteiger partial charge on any atom is 0.0622 e. The topological polar surface area (TPSA) is 24.5 Å². The number of hydrogen-bond acceptors (Lipinski definition) is 3. The number of benzene rings is 1. The Morgan fingerprint density at radius 1 is 1.25 bits per heavy atom. The summed E-state index contributed by atoms with van der Waals surface area (Å²) in [5.74, 6) is 0. The molecule has 3 rings (SSSR count). The highest BCUT2D eigenvalue weighted by atomic mass is 16.5. The molecule has 2 aliphatic heterocycles. The summed E-state index contributed by atoms with van der Waals surface area (Å²) < 4.78 is 5.61. The monoisotopic (exact) mass is 274 g/mol. The van der Waals surface area contributed by atoms with Crippen LogP contribution in [0.25, 0.3) is 0 Å². The minimum atomic E-state index is 0.0363. The van der Waals surface area contributed by atoms with Crippen LogP contribution >= 0.6 is 0 Å². The van der Waals surface area contributed by atoms with Crippen LogP contribution in [0.1, 0.15) is 32.3 Å². The SMILES string of the molecule is CC1CCNC(C)(c2ccccc2)CN1C1CCOC1. The van der Waals surface area contributed by atoms with Gasteiger partial charge in [0.1, 0.15) is 0 Å². The first kappa shape index (κ1) is 14.1. The van der Waals surface area contributed by atoms with E-state index in [-0.39, 0.29) is 5.54 Å². The van der Waals surface area contributed by atoms with Gasteiger partial charge in [-0.3, -0.25) is 4.90 Å². The van der Waals surface area contributed by atoms with Gasteiger partial charge in [0.25, 0.3) is 0 Å². The van der Waals surface area contributed by atoms with Crippen molar-refractivity contribution in [2.75, 3.05) is 26.3 Å². The van der Waals surface area contributed by atoms with Gasteiger partial charge < -0.3 is 10.1 Å². The quantitative estimate of drug-likeness (QED) is 0.896. The third-order valence-corrected chi connectivity index (χ3v) is 4.93. The Kier molecular flexibility index (Phi) is 4.11. The van der Waals surface area contributed by atoms with Crippen LogP contribution in [-0.2, 0) is 10.3 Å². The first-order valence-electron chi connectivity index (χ1n) is 7.83. The molecule has 0 amide bonds. The second-order valence-electron chi connectivity index (χ2n) is 6.45. The molecule has 3 nitrogen and oxygen atoms in total. The number of ether oxygens (including phenoxy) is 1. The van der Waals surface area contributed by atoms with E-state index in [0.717, 1.165) is 26.3 Å². The molecule has 0 aliphatic carbocycles. The Morgan fingerprint density at radius 2 is 2.05 bits per heavy atom. The maximum atomic E-state index is 5.61. The Balaban J connectivity index is 1.84. The normalized spacial score (nSPS) is 35.9. The van der Waals surface area contributed by atoms with Crippen molar-refractivity contribution >= 4 is 0 Å². The molecular weight excluding hydrogens is 248 g/mol. The average molecular weight is 274 g/mol. The molecule has 0 radical (unpaired) electrons. The Hall–Kier alpha value is -0.900. The summed E-state index contributed by atoms with van der Waals surface area (Å²) >= 11 is 0. The van der Waals surface area contributed by atoms with Crippen LogP contribution in [0, 0.1) is 0 Å². The molecule has 3 heteroatoms. The van der Waals surface area contributed by atoms with Crippen LogP contribution in [-0.4, -0.2) is 43.3 Å². The summed E-state index contributed by atoms with van der Waals surface area (Å²) in [7, 11) is 0. The van der Waals surface area contributed by atoms with Crippen LogP contribution in [0.3, 0.4) is 0 Å². The molecule has 110 valence electrons. The fraction of sp³-hybridized carbons (Fsp3) is 0.647. The van der Waals surface area contributed by atoms with E-state index in [1.807, 2.05) is 0 Å². The number of rotatable bonds is 2. The van der Waals surface area contributed by atoms with Crippen LogP contribution in [0.4, 0.5) is 0 Å². The molecule has 2 heterocycles. The predicted octanol–water partition coefficient (Wildman–Crippen LogP) is 2.37. The standard InChI is InChI=1S/C17H26N2O/c1-14-8-10-18-17(2,15-6-4-3-5-7-15)13-19(14)16-9-11-20-12-16/h3-7,14,16,18H,8-13H2,1-2H3. The Bertz CT molecular complexity index is 430. The highest BCUT2D eigenvalue weighted by Crippen LogP contribution is 2.29. The summed E-state index contributed by atoms with van der Waals surface area (Å²) in [5.41, 5.74) is 1.42. The smallest absolute Gasteiger partial charge is 0.0622 e. The lowest BCUT2D eigenvalue weighted by Crippen LogP contribution is -2.51. The summed E-state index contributed by atoms with van der Waals surface area (Å²) in [5, 5.41) is 3.78. The van der Waals surface area contributed by atoms with E-state index in [1.165, 1.54) is 18.4 Å². The Morgan fingerprint density at radius 3 is 2.75 bits per heavy atom. The molecule has 3 unspecified atom stereocenters. The van der Waals surface area contributed by atoms with Crippen LogP contribution in [0.2, 0.25) is 0 Å². The fourth-order valence-electron chi connectivity index (χ4n) is 3.57. The molecule has 2 fully saturated rings. The maximum absolute atomic E-state index is 5.61. The van der Waals surface area contributed by atoms with Gasteiger partial charge in [0, 0.05) is 25.2 Å². The molecule has 2 saturated heterocycles. The van der Waals surface area contributed by atoms with Crippen molar-refractivity contribution in [3.05, 3.63) is 35.9 Å². The number of nitrogens with zero attached hydrogens (tertiary/aromatic N) is 1. The summed E-state index contributed by atoms with van der Waals surface area (Å²) in [6, 6.07) is 12.1. The zero-order valence-electron chi connectivity index (χ0n) is 12.6. The van der Waals surface area contributed by atoms with Gasteiger partial charge >= 0.3 is 0 Å². The molecule has 1 aromatic carbocycles. The molecule has 2 aliphatic rings. The van der Waals surface area contributed by atoms with E-state index < -0.39 is 0 Å². The van der Waals surface area contributed by atoms with Crippen molar-refractivity contribution in [2.45, 2.75) is 44.3 Å². The van der Waals surface area contributed by atoms with Gasteiger partial charge in [-0.05, 0) is 38.8 Å². The third-order valence-electron chi connectivity index (χ3n) is 4.93. The zero-order valence-corrected chi connectivity index (χ0v) is 12.6. The second kappa shape index (κ2) is 5.84. The first-order valence-corrected chi connectivity index (χ1v) is 7.83. The predicted molar refractivity (Wildman–Crippen MR) is 81.8 cm³/mol. The molecule has 20 heavy (non-hydrogen) atoms.